The molecule has 7 heteroatoms. The van der Waals surface area contributed by atoms with E-state index in [0.717, 1.165) is 5.56 Å². The number of benzene rings is 3. The third-order valence-electron chi connectivity index (χ3n) is 5.24. The van der Waals surface area contributed by atoms with Gasteiger partial charge in [-0.1, -0.05) is 49.4 Å². The number of amides is 1. The second kappa shape index (κ2) is 10.3. The second-order valence-electron chi connectivity index (χ2n) is 7.69. The van der Waals surface area contributed by atoms with Crippen molar-refractivity contribution in [3.8, 4) is 5.75 Å². The summed E-state index contributed by atoms with van der Waals surface area (Å²) in [4.78, 5) is 12.5. The summed E-state index contributed by atoms with van der Waals surface area (Å²) >= 11 is 0. The largest absolute Gasteiger partial charge is 0.497 e. The van der Waals surface area contributed by atoms with Gasteiger partial charge in [-0.25, -0.2) is 8.42 Å². The molecule has 0 heterocycles. The SMILES string of the molecule is COc1ccc(N(Cc2ccc(C(=O)NC[C@H](C)c3ccccc3)cc2)S(C)(=O)=O)cc1. The standard InChI is InChI=1S/C25H28N2O4S/c1-19(21-7-5-4-6-8-21)17-26-25(28)22-11-9-20(10-12-22)18-27(32(3,29)30)23-13-15-24(31-2)16-14-23/h4-16,19H,17-18H2,1-3H3,(H,26,28)/t19-/m0/s1. The van der Waals surface area contributed by atoms with Gasteiger partial charge in [-0.05, 0) is 53.4 Å². The van der Waals surface area contributed by atoms with Crippen molar-refractivity contribution < 1.29 is 17.9 Å². The zero-order valence-corrected chi connectivity index (χ0v) is 19.3. The van der Waals surface area contributed by atoms with Crippen LogP contribution in [-0.2, 0) is 16.6 Å². The quantitative estimate of drug-likeness (QED) is 0.528. The highest BCUT2D eigenvalue weighted by molar-refractivity contribution is 7.92. The van der Waals surface area contributed by atoms with Gasteiger partial charge >= 0.3 is 0 Å². The first kappa shape index (κ1) is 23.3. The number of carbonyl (C=O) groups is 1. The minimum atomic E-state index is -3.49. The van der Waals surface area contributed by atoms with Gasteiger partial charge in [0.2, 0.25) is 10.0 Å². The lowest BCUT2D eigenvalue weighted by Gasteiger charge is -2.23. The fraction of sp³-hybridized carbons (Fsp3) is 0.240. The maximum atomic E-state index is 12.5. The predicted octanol–water partition coefficient (Wildman–Crippen LogP) is 4.19. The van der Waals surface area contributed by atoms with Crippen LogP contribution in [0.1, 0.15) is 34.3 Å². The Morgan fingerprint density at radius 1 is 0.969 bits per heavy atom. The van der Waals surface area contributed by atoms with Gasteiger partial charge < -0.3 is 10.1 Å². The van der Waals surface area contributed by atoms with Crippen molar-refractivity contribution in [3.63, 3.8) is 0 Å². The Labute approximate surface area is 189 Å². The molecule has 6 nitrogen and oxygen atoms in total. The van der Waals surface area contributed by atoms with E-state index in [1.807, 2.05) is 30.3 Å². The van der Waals surface area contributed by atoms with Gasteiger partial charge in [0.15, 0.2) is 0 Å². The highest BCUT2D eigenvalue weighted by Crippen LogP contribution is 2.23. The van der Waals surface area contributed by atoms with Crippen LogP contribution in [-0.4, -0.2) is 34.2 Å². The molecule has 0 aliphatic carbocycles. The second-order valence-corrected chi connectivity index (χ2v) is 9.59. The molecule has 0 bridgehead atoms. The Bertz CT molecular complexity index is 1130. The van der Waals surface area contributed by atoms with Gasteiger partial charge in [-0.3, -0.25) is 9.10 Å². The molecule has 3 aromatic rings. The summed E-state index contributed by atoms with van der Waals surface area (Å²) in [6.45, 7) is 2.76. The number of nitrogens with zero attached hydrogens (tertiary/aromatic N) is 1. The van der Waals surface area contributed by atoms with Crippen LogP contribution in [0.3, 0.4) is 0 Å². The smallest absolute Gasteiger partial charge is 0.251 e. The molecular formula is C25H28N2O4S. The summed E-state index contributed by atoms with van der Waals surface area (Å²) in [5, 5.41) is 2.96. The number of hydrogen-bond acceptors (Lipinski definition) is 4. The van der Waals surface area contributed by atoms with Crippen molar-refractivity contribution in [3.05, 3.63) is 95.6 Å². The lowest BCUT2D eigenvalue weighted by Crippen LogP contribution is -2.29. The van der Waals surface area contributed by atoms with E-state index in [9.17, 15) is 13.2 Å². The summed E-state index contributed by atoms with van der Waals surface area (Å²) < 4.78 is 31.2. The molecular weight excluding hydrogens is 424 g/mol. The van der Waals surface area contributed by atoms with Gasteiger partial charge in [0.1, 0.15) is 5.75 Å². The fourth-order valence-corrected chi connectivity index (χ4v) is 4.21. The molecule has 32 heavy (non-hydrogen) atoms. The van der Waals surface area contributed by atoms with Crippen LogP contribution in [0.4, 0.5) is 5.69 Å². The summed E-state index contributed by atoms with van der Waals surface area (Å²) in [5.74, 6) is 0.695. The highest BCUT2D eigenvalue weighted by Gasteiger charge is 2.18. The molecule has 0 aromatic heterocycles. The maximum absolute atomic E-state index is 12.5. The van der Waals surface area contributed by atoms with Crippen molar-refractivity contribution in [1.82, 2.24) is 5.32 Å². The Hall–Kier alpha value is -3.32. The predicted molar refractivity (Wildman–Crippen MR) is 128 cm³/mol. The summed E-state index contributed by atoms with van der Waals surface area (Å²) in [5.41, 5.74) is 3.03. The molecule has 0 aliphatic heterocycles. The molecule has 0 unspecified atom stereocenters. The van der Waals surface area contributed by atoms with Crippen LogP contribution < -0.4 is 14.4 Å². The Morgan fingerprint density at radius 3 is 2.16 bits per heavy atom. The number of sulfonamides is 1. The van der Waals surface area contributed by atoms with E-state index in [1.165, 1.54) is 16.1 Å². The summed E-state index contributed by atoms with van der Waals surface area (Å²) in [6, 6.07) is 23.9. The minimum absolute atomic E-state index is 0.158. The molecule has 0 spiro atoms. The Balaban J connectivity index is 1.66. The summed E-state index contributed by atoms with van der Waals surface area (Å²) in [7, 11) is -1.93. The van der Waals surface area contributed by atoms with Gasteiger partial charge in [-0.2, -0.15) is 0 Å². The highest BCUT2D eigenvalue weighted by atomic mass is 32.2. The lowest BCUT2D eigenvalue weighted by atomic mass is 10.0. The van der Waals surface area contributed by atoms with Gasteiger partial charge in [0.05, 0.1) is 25.6 Å². The molecule has 3 aromatic carbocycles. The van der Waals surface area contributed by atoms with Gasteiger partial charge in [-0.15, -0.1) is 0 Å². The van der Waals surface area contributed by atoms with Gasteiger partial charge in [0, 0.05) is 12.1 Å². The van der Waals surface area contributed by atoms with E-state index in [0.29, 0.717) is 23.5 Å². The molecule has 1 amide bonds. The summed E-state index contributed by atoms with van der Waals surface area (Å²) in [6.07, 6.45) is 1.17. The van der Waals surface area contributed by atoms with Crippen LogP contribution in [0, 0.1) is 0 Å². The average molecular weight is 453 g/mol. The number of hydrogen-bond donors (Lipinski definition) is 1. The number of ether oxygens (including phenoxy) is 1. The molecule has 0 fully saturated rings. The van der Waals surface area contributed by atoms with Crippen LogP contribution in [0.2, 0.25) is 0 Å². The van der Waals surface area contributed by atoms with E-state index in [2.05, 4.69) is 12.2 Å². The molecule has 3 rings (SSSR count). The minimum Gasteiger partial charge on any atom is -0.497 e. The molecule has 0 saturated carbocycles. The topological polar surface area (TPSA) is 75.7 Å². The molecule has 1 N–H and O–H groups in total. The van der Waals surface area contributed by atoms with E-state index in [1.54, 1.807) is 55.6 Å². The lowest BCUT2D eigenvalue weighted by molar-refractivity contribution is 0.0951. The van der Waals surface area contributed by atoms with E-state index < -0.39 is 10.0 Å². The van der Waals surface area contributed by atoms with Crippen molar-refractivity contribution in [2.75, 3.05) is 24.2 Å². The van der Waals surface area contributed by atoms with E-state index >= 15 is 0 Å². The van der Waals surface area contributed by atoms with Crippen molar-refractivity contribution in [2.45, 2.75) is 19.4 Å². The molecule has 0 radical (unpaired) electrons. The average Bonchev–Trinajstić information content (AvgIpc) is 2.81. The Kier molecular flexibility index (Phi) is 7.53. The third kappa shape index (κ3) is 6.11. The first-order valence-electron chi connectivity index (χ1n) is 10.3. The number of rotatable bonds is 9. The fourth-order valence-electron chi connectivity index (χ4n) is 3.32. The van der Waals surface area contributed by atoms with E-state index in [4.69, 9.17) is 4.74 Å². The number of anilines is 1. The third-order valence-corrected chi connectivity index (χ3v) is 6.38. The van der Waals surface area contributed by atoms with Crippen LogP contribution >= 0.6 is 0 Å². The first-order chi connectivity index (χ1) is 15.3. The molecule has 0 saturated heterocycles. The first-order valence-corrected chi connectivity index (χ1v) is 12.2. The number of methoxy groups -OCH3 is 1. The molecule has 168 valence electrons. The van der Waals surface area contributed by atoms with Crippen LogP contribution in [0.15, 0.2) is 78.9 Å². The maximum Gasteiger partial charge on any atom is 0.251 e. The normalized spacial score (nSPS) is 12.1. The van der Waals surface area contributed by atoms with Crippen LogP contribution in [0.25, 0.3) is 0 Å². The number of carbonyl (C=O) groups excluding carboxylic acids is 1. The molecule has 0 aliphatic rings. The zero-order valence-electron chi connectivity index (χ0n) is 18.5. The van der Waals surface area contributed by atoms with Crippen molar-refractivity contribution in [2.24, 2.45) is 0 Å². The zero-order chi connectivity index (χ0) is 23.1. The monoisotopic (exact) mass is 452 g/mol. The van der Waals surface area contributed by atoms with Crippen molar-refractivity contribution >= 4 is 21.6 Å². The Morgan fingerprint density at radius 2 is 1.59 bits per heavy atom. The van der Waals surface area contributed by atoms with E-state index in [-0.39, 0.29) is 18.4 Å². The van der Waals surface area contributed by atoms with Gasteiger partial charge in [0.25, 0.3) is 5.91 Å². The van der Waals surface area contributed by atoms with Crippen LogP contribution in [0.5, 0.6) is 5.75 Å². The molecule has 1 atom stereocenters. The van der Waals surface area contributed by atoms with Crippen molar-refractivity contribution in [1.29, 1.82) is 0 Å². The number of nitrogens with one attached hydrogen (secondary N) is 1.